The lowest BCUT2D eigenvalue weighted by Crippen LogP contribution is -2.41. The Kier molecular flexibility index (Phi) is 11.0. The van der Waals surface area contributed by atoms with Crippen molar-refractivity contribution in [1.82, 2.24) is 14.8 Å². The van der Waals surface area contributed by atoms with Crippen LogP contribution in [0.1, 0.15) is 66.9 Å². The summed E-state index contributed by atoms with van der Waals surface area (Å²) in [6.45, 7) is 14.2. The number of aromatic nitrogens is 3. The summed E-state index contributed by atoms with van der Waals surface area (Å²) in [5.74, 6) is -0.302. The van der Waals surface area contributed by atoms with Crippen molar-refractivity contribution in [3.63, 3.8) is 0 Å². The second kappa shape index (κ2) is 14.4. The number of carbonyl (C=O) groups is 1. The standard InChI is InChI=1S/C20H24BrN3O5.C13H17BN2O2/c1-20(2,3)29-19(26)5-4-10-22-16-8-6-14(11-17(16)24(27)28)12-23-13-15(21)7-9-18(23)25;1-12(2)13(3,4)18-14(17-12)10-6-5-9-8-15-16-11(9)7-10/h6-9,11,13,22H,4-5,10,12H2,1-3H3;5-8H,1-4H3,(H,15,16). The van der Waals surface area contributed by atoms with E-state index < -0.39 is 10.5 Å². The molecule has 0 aliphatic carbocycles. The van der Waals surface area contributed by atoms with E-state index >= 15 is 0 Å². The Hall–Kier alpha value is -4.01. The van der Waals surface area contributed by atoms with Crippen molar-refractivity contribution in [2.45, 2.75) is 84.7 Å². The molecular formula is C33H41BBrN5O7. The van der Waals surface area contributed by atoms with Crippen LogP contribution in [0, 0.1) is 10.1 Å². The second-order valence-corrected chi connectivity index (χ2v) is 14.3. The van der Waals surface area contributed by atoms with Crippen LogP contribution in [0.25, 0.3) is 10.9 Å². The Labute approximate surface area is 282 Å². The number of anilines is 1. The highest BCUT2D eigenvalue weighted by molar-refractivity contribution is 9.10. The van der Waals surface area contributed by atoms with Gasteiger partial charge < -0.3 is 23.9 Å². The molecule has 0 radical (unpaired) electrons. The largest absolute Gasteiger partial charge is 0.494 e. The lowest BCUT2D eigenvalue weighted by Gasteiger charge is -2.32. The third-order valence-electron chi connectivity index (χ3n) is 7.84. The maximum atomic E-state index is 11.9. The van der Waals surface area contributed by atoms with Crippen molar-refractivity contribution < 1.29 is 23.8 Å². The molecule has 1 aliphatic rings. The van der Waals surface area contributed by atoms with Crippen molar-refractivity contribution in [3.05, 3.63) is 91.4 Å². The van der Waals surface area contributed by atoms with Crippen LogP contribution < -0.4 is 16.3 Å². The first kappa shape index (κ1) is 35.8. The van der Waals surface area contributed by atoms with Gasteiger partial charge in [0.15, 0.2) is 0 Å². The quantitative estimate of drug-likeness (QED) is 0.0705. The van der Waals surface area contributed by atoms with Gasteiger partial charge in [0.25, 0.3) is 11.2 Å². The summed E-state index contributed by atoms with van der Waals surface area (Å²) in [7, 11) is -0.317. The van der Waals surface area contributed by atoms with Crippen molar-refractivity contribution in [2.75, 3.05) is 11.9 Å². The van der Waals surface area contributed by atoms with Crippen LogP contribution in [0.3, 0.4) is 0 Å². The number of nitro benzene ring substituents is 1. The van der Waals surface area contributed by atoms with Gasteiger partial charge in [0.05, 0.1) is 34.4 Å². The van der Waals surface area contributed by atoms with Crippen molar-refractivity contribution in [1.29, 1.82) is 0 Å². The Balaban J connectivity index is 0.000000236. The molecule has 1 aliphatic heterocycles. The fourth-order valence-electron chi connectivity index (χ4n) is 4.73. The summed E-state index contributed by atoms with van der Waals surface area (Å²) in [5.41, 5.74) is 1.60. The lowest BCUT2D eigenvalue weighted by atomic mass is 9.79. The van der Waals surface area contributed by atoms with Gasteiger partial charge in [0.1, 0.15) is 11.3 Å². The van der Waals surface area contributed by atoms with E-state index in [0.717, 1.165) is 20.8 Å². The van der Waals surface area contributed by atoms with Gasteiger partial charge in [-0.15, -0.1) is 0 Å². The van der Waals surface area contributed by atoms with Crippen molar-refractivity contribution in [2.24, 2.45) is 0 Å². The minimum Gasteiger partial charge on any atom is -0.460 e. The van der Waals surface area contributed by atoms with E-state index in [1.165, 1.54) is 16.7 Å². The molecule has 250 valence electrons. The highest BCUT2D eigenvalue weighted by atomic mass is 79.9. The van der Waals surface area contributed by atoms with E-state index in [1.54, 1.807) is 45.2 Å². The Morgan fingerprint density at radius 2 is 1.81 bits per heavy atom. The minimum absolute atomic E-state index is 0.0807. The zero-order chi connectivity index (χ0) is 34.6. The summed E-state index contributed by atoms with van der Waals surface area (Å²) in [6, 6.07) is 14.0. The average Bonchev–Trinajstić information content (AvgIpc) is 3.53. The summed E-state index contributed by atoms with van der Waals surface area (Å²) >= 11 is 3.31. The Morgan fingerprint density at radius 3 is 2.47 bits per heavy atom. The summed E-state index contributed by atoms with van der Waals surface area (Å²) in [6.07, 6.45) is 4.16. The summed E-state index contributed by atoms with van der Waals surface area (Å²) in [4.78, 5) is 34.7. The molecule has 2 N–H and O–H groups in total. The van der Waals surface area contributed by atoms with E-state index in [1.807, 2.05) is 24.4 Å². The fraction of sp³-hybridized carbons (Fsp3) is 0.424. The third-order valence-corrected chi connectivity index (χ3v) is 8.31. The van der Waals surface area contributed by atoms with Gasteiger partial charge >= 0.3 is 13.1 Å². The number of hydrogen-bond acceptors (Lipinski definition) is 9. The molecule has 0 unspecified atom stereocenters. The maximum Gasteiger partial charge on any atom is 0.494 e. The number of benzene rings is 2. The van der Waals surface area contributed by atoms with Gasteiger partial charge in [-0.2, -0.15) is 5.10 Å². The first-order valence-electron chi connectivity index (χ1n) is 15.3. The SMILES string of the molecule is CC(C)(C)OC(=O)CCCNc1ccc(Cn2cc(Br)ccc2=O)cc1[N+](=O)[O-].CC1(C)OB(c2ccc3cn[nH]c3c2)OC1(C)C. The Bertz CT molecular complexity index is 1780. The Morgan fingerprint density at radius 1 is 1.11 bits per heavy atom. The highest BCUT2D eigenvalue weighted by Crippen LogP contribution is 2.36. The van der Waals surface area contributed by atoms with Gasteiger partial charge in [-0.05, 0) is 100 Å². The predicted octanol–water partition coefficient (Wildman–Crippen LogP) is 5.96. The second-order valence-electron chi connectivity index (χ2n) is 13.3. The number of esters is 1. The van der Waals surface area contributed by atoms with E-state index in [0.29, 0.717) is 24.2 Å². The number of rotatable bonds is 9. The van der Waals surface area contributed by atoms with Crippen LogP contribution in [0.15, 0.2) is 70.2 Å². The molecule has 2 aromatic carbocycles. The zero-order valence-corrected chi connectivity index (χ0v) is 29.3. The van der Waals surface area contributed by atoms with Crippen LogP contribution in [-0.4, -0.2) is 56.1 Å². The van der Waals surface area contributed by atoms with Crippen LogP contribution in [0.5, 0.6) is 0 Å². The van der Waals surface area contributed by atoms with Gasteiger partial charge in [-0.25, -0.2) is 0 Å². The van der Waals surface area contributed by atoms with Gasteiger partial charge in [0.2, 0.25) is 0 Å². The molecule has 3 heterocycles. The third kappa shape index (κ3) is 9.52. The maximum absolute atomic E-state index is 11.9. The molecule has 0 amide bonds. The number of carbonyl (C=O) groups excluding carboxylic acids is 1. The minimum atomic E-state index is -0.532. The van der Waals surface area contributed by atoms with Crippen molar-refractivity contribution >= 4 is 56.8 Å². The van der Waals surface area contributed by atoms with E-state index in [-0.39, 0.29) is 48.5 Å². The number of nitrogens with zero attached hydrogens (tertiary/aromatic N) is 3. The number of pyridine rings is 1. The zero-order valence-electron chi connectivity index (χ0n) is 27.8. The summed E-state index contributed by atoms with van der Waals surface area (Å²) in [5, 5.41) is 22.5. The van der Waals surface area contributed by atoms with Crippen molar-refractivity contribution in [3.8, 4) is 0 Å². The first-order chi connectivity index (χ1) is 21.9. The number of H-pyrrole nitrogens is 1. The number of aromatic amines is 1. The number of nitrogens with one attached hydrogen (secondary N) is 2. The van der Waals surface area contributed by atoms with E-state index in [4.69, 9.17) is 14.0 Å². The smallest absolute Gasteiger partial charge is 0.460 e. The molecule has 1 fully saturated rings. The molecule has 14 heteroatoms. The number of fused-ring (bicyclic) bond motifs is 1. The molecule has 0 atom stereocenters. The van der Waals surface area contributed by atoms with Crippen LogP contribution >= 0.6 is 15.9 Å². The fourth-order valence-corrected chi connectivity index (χ4v) is 5.11. The van der Waals surface area contributed by atoms with Gasteiger partial charge in [0, 0.05) is 41.2 Å². The molecule has 1 saturated heterocycles. The van der Waals surface area contributed by atoms with E-state index in [9.17, 15) is 19.7 Å². The topological polar surface area (TPSA) is 151 Å². The molecule has 12 nitrogen and oxygen atoms in total. The van der Waals surface area contributed by atoms with Crippen LogP contribution in [0.2, 0.25) is 0 Å². The lowest BCUT2D eigenvalue weighted by molar-refractivity contribution is -0.384. The number of nitro groups is 1. The molecule has 5 rings (SSSR count). The predicted molar refractivity (Wildman–Crippen MR) is 186 cm³/mol. The highest BCUT2D eigenvalue weighted by Gasteiger charge is 2.51. The summed E-state index contributed by atoms with van der Waals surface area (Å²) < 4.78 is 19.5. The first-order valence-corrected chi connectivity index (χ1v) is 16.1. The molecule has 0 bridgehead atoms. The molecule has 4 aromatic rings. The molecule has 0 spiro atoms. The number of halogens is 1. The molecular weight excluding hydrogens is 669 g/mol. The van der Waals surface area contributed by atoms with E-state index in [2.05, 4.69) is 59.1 Å². The average molecular weight is 710 g/mol. The number of hydrogen-bond donors (Lipinski definition) is 2. The molecule has 47 heavy (non-hydrogen) atoms. The molecule has 0 saturated carbocycles. The number of ether oxygens (including phenoxy) is 1. The van der Waals surface area contributed by atoms with Crippen LogP contribution in [0.4, 0.5) is 11.4 Å². The van der Waals surface area contributed by atoms with Gasteiger partial charge in [-0.3, -0.25) is 24.8 Å². The normalized spacial score (nSPS) is 15.2. The monoisotopic (exact) mass is 709 g/mol. The molecule has 2 aromatic heterocycles. The van der Waals surface area contributed by atoms with Gasteiger partial charge in [-0.1, -0.05) is 18.2 Å². The van der Waals surface area contributed by atoms with Crippen LogP contribution in [-0.2, 0) is 25.4 Å².